The molecule has 4 heteroatoms. The second-order valence-electron chi connectivity index (χ2n) is 5.77. The number of carbonyl (C=O) groups is 1. The maximum atomic E-state index is 12.2. The van der Waals surface area contributed by atoms with Gasteiger partial charge in [0.2, 0.25) is 5.91 Å². The molecule has 18 heavy (non-hydrogen) atoms. The molecule has 1 aliphatic heterocycles. The van der Waals surface area contributed by atoms with E-state index in [-0.39, 0.29) is 18.1 Å². The normalized spacial score (nSPS) is 24.4. The molecular formula is C14H26N2O2. The van der Waals surface area contributed by atoms with Crippen LogP contribution in [0, 0.1) is 5.92 Å². The predicted molar refractivity (Wildman–Crippen MR) is 71.2 cm³/mol. The first kappa shape index (κ1) is 13.8. The zero-order chi connectivity index (χ0) is 13.0. The van der Waals surface area contributed by atoms with E-state index in [0.29, 0.717) is 12.5 Å². The van der Waals surface area contributed by atoms with Crippen molar-refractivity contribution in [1.82, 2.24) is 10.2 Å². The summed E-state index contributed by atoms with van der Waals surface area (Å²) in [5, 5.41) is 13.0. The molecule has 2 atom stereocenters. The Morgan fingerprint density at radius 2 is 1.89 bits per heavy atom. The molecule has 1 saturated heterocycles. The van der Waals surface area contributed by atoms with Crippen molar-refractivity contribution >= 4 is 5.91 Å². The Kier molecular flexibility index (Phi) is 5.01. The quantitative estimate of drug-likeness (QED) is 0.773. The lowest BCUT2D eigenvalue weighted by molar-refractivity contribution is -0.133. The van der Waals surface area contributed by atoms with Gasteiger partial charge in [0.15, 0.2) is 0 Å². The van der Waals surface area contributed by atoms with Crippen LogP contribution in [0.15, 0.2) is 0 Å². The second-order valence-corrected chi connectivity index (χ2v) is 5.77. The fourth-order valence-corrected chi connectivity index (χ4v) is 2.60. The Morgan fingerprint density at radius 1 is 1.28 bits per heavy atom. The summed E-state index contributed by atoms with van der Waals surface area (Å²) in [6.45, 7) is 4.25. The summed E-state index contributed by atoms with van der Waals surface area (Å²) in [5.74, 6) is 0.665. The third kappa shape index (κ3) is 3.95. The summed E-state index contributed by atoms with van der Waals surface area (Å²) in [6, 6.07) is -0.170. The average molecular weight is 254 g/mol. The van der Waals surface area contributed by atoms with E-state index >= 15 is 0 Å². The minimum Gasteiger partial charge on any atom is -0.392 e. The zero-order valence-corrected chi connectivity index (χ0v) is 11.4. The van der Waals surface area contributed by atoms with Gasteiger partial charge >= 0.3 is 0 Å². The molecule has 0 aromatic heterocycles. The summed E-state index contributed by atoms with van der Waals surface area (Å²) in [7, 11) is 0. The van der Waals surface area contributed by atoms with Crippen LogP contribution in [0.2, 0.25) is 0 Å². The lowest BCUT2D eigenvalue weighted by atomic mass is 10.2. The summed E-state index contributed by atoms with van der Waals surface area (Å²) in [5.41, 5.74) is 0. The molecule has 2 unspecified atom stereocenters. The van der Waals surface area contributed by atoms with Crippen LogP contribution >= 0.6 is 0 Å². The number of aliphatic hydroxyl groups excluding tert-OH is 1. The van der Waals surface area contributed by atoms with E-state index in [0.717, 1.165) is 38.8 Å². The SMILES string of the molecule is CC(NCC(O)C1CC1)C(=O)N1CCCCCC1. The molecule has 1 saturated carbocycles. The van der Waals surface area contributed by atoms with E-state index in [1.807, 2.05) is 11.8 Å². The number of nitrogens with zero attached hydrogens (tertiary/aromatic N) is 1. The highest BCUT2D eigenvalue weighted by Crippen LogP contribution is 2.32. The molecule has 0 aromatic carbocycles. The Balaban J connectivity index is 1.72. The molecule has 1 amide bonds. The Hall–Kier alpha value is -0.610. The van der Waals surface area contributed by atoms with Gasteiger partial charge in [-0.1, -0.05) is 12.8 Å². The van der Waals surface area contributed by atoms with Crippen LogP contribution in [0.1, 0.15) is 45.4 Å². The number of hydrogen-bond donors (Lipinski definition) is 2. The van der Waals surface area contributed by atoms with Crippen LogP contribution in [-0.2, 0) is 4.79 Å². The topological polar surface area (TPSA) is 52.6 Å². The molecule has 2 aliphatic rings. The lowest BCUT2D eigenvalue weighted by Gasteiger charge is -2.25. The van der Waals surface area contributed by atoms with Crippen LogP contribution in [-0.4, -0.2) is 47.7 Å². The Morgan fingerprint density at radius 3 is 2.44 bits per heavy atom. The average Bonchev–Trinajstić information content (AvgIpc) is 3.19. The van der Waals surface area contributed by atoms with Gasteiger partial charge in [-0.2, -0.15) is 0 Å². The first-order valence-corrected chi connectivity index (χ1v) is 7.38. The summed E-state index contributed by atoms with van der Waals surface area (Å²) < 4.78 is 0. The molecule has 1 heterocycles. The number of carbonyl (C=O) groups excluding carboxylic acids is 1. The van der Waals surface area contributed by atoms with Crippen molar-refractivity contribution in [1.29, 1.82) is 0 Å². The number of nitrogens with one attached hydrogen (secondary N) is 1. The van der Waals surface area contributed by atoms with Gasteiger partial charge in [0.1, 0.15) is 0 Å². The van der Waals surface area contributed by atoms with Gasteiger partial charge in [-0.25, -0.2) is 0 Å². The Bertz CT molecular complexity index is 271. The first-order valence-electron chi connectivity index (χ1n) is 7.38. The van der Waals surface area contributed by atoms with Crippen LogP contribution in [0.5, 0.6) is 0 Å². The smallest absolute Gasteiger partial charge is 0.239 e. The highest BCUT2D eigenvalue weighted by molar-refractivity contribution is 5.81. The van der Waals surface area contributed by atoms with Gasteiger partial charge in [-0.15, -0.1) is 0 Å². The van der Waals surface area contributed by atoms with Crippen LogP contribution in [0.4, 0.5) is 0 Å². The van der Waals surface area contributed by atoms with Crippen molar-refractivity contribution in [3.05, 3.63) is 0 Å². The molecule has 0 radical (unpaired) electrons. The highest BCUT2D eigenvalue weighted by atomic mass is 16.3. The molecule has 0 bridgehead atoms. The van der Waals surface area contributed by atoms with E-state index in [2.05, 4.69) is 5.32 Å². The molecule has 2 fully saturated rings. The van der Waals surface area contributed by atoms with Crippen molar-refractivity contribution in [3.8, 4) is 0 Å². The largest absolute Gasteiger partial charge is 0.392 e. The van der Waals surface area contributed by atoms with Gasteiger partial charge in [-0.05, 0) is 38.5 Å². The van der Waals surface area contributed by atoms with Gasteiger partial charge in [0.25, 0.3) is 0 Å². The van der Waals surface area contributed by atoms with E-state index in [9.17, 15) is 9.90 Å². The van der Waals surface area contributed by atoms with Crippen LogP contribution < -0.4 is 5.32 Å². The zero-order valence-electron chi connectivity index (χ0n) is 11.4. The van der Waals surface area contributed by atoms with E-state index in [1.54, 1.807) is 0 Å². The molecule has 1 aliphatic carbocycles. The van der Waals surface area contributed by atoms with Crippen molar-refractivity contribution in [2.24, 2.45) is 5.92 Å². The number of amides is 1. The lowest BCUT2D eigenvalue weighted by Crippen LogP contribution is -2.47. The molecule has 104 valence electrons. The molecular weight excluding hydrogens is 228 g/mol. The minimum absolute atomic E-state index is 0.170. The summed E-state index contributed by atoms with van der Waals surface area (Å²) >= 11 is 0. The summed E-state index contributed by atoms with van der Waals surface area (Å²) in [6.07, 6.45) is 6.74. The van der Waals surface area contributed by atoms with Crippen molar-refractivity contribution in [2.75, 3.05) is 19.6 Å². The number of aliphatic hydroxyl groups is 1. The van der Waals surface area contributed by atoms with Crippen molar-refractivity contribution < 1.29 is 9.90 Å². The molecule has 0 spiro atoms. The highest BCUT2D eigenvalue weighted by Gasteiger charge is 2.30. The van der Waals surface area contributed by atoms with Crippen LogP contribution in [0.25, 0.3) is 0 Å². The second kappa shape index (κ2) is 6.53. The van der Waals surface area contributed by atoms with E-state index < -0.39 is 0 Å². The van der Waals surface area contributed by atoms with Crippen molar-refractivity contribution in [3.63, 3.8) is 0 Å². The maximum absolute atomic E-state index is 12.2. The van der Waals surface area contributed by atoms with Gasteiger partial charge < -0.3 is 15.3 Å². The number of rotatable bonds is 5. The molecule has 0 aromatic rings. The Labute approximate surface area is 110 Å². The van der Waals surface area contributed by atoms with E-state index in [4.69, 9.17) is 0 Å². The first-order chi connectivity index (χ1) is 8.68. The van der Waals surface area contributed by atoms with Gasteiger partial charge in [-0.3, -0.25) is 4.79 Å². The van der Waals surface area contributed by atoms with Gasteiger partial charge in [0.05, 0.1) is 12.1 Å². The third-order valence-electron chi connectivity index (χ3n) is 4.09. The number of hydrogen-bond acceptors (Lipinski definition) is 3. The minimum atomic E-state index is -0.274. The third-order valence-corrected chi connectivity index (χ3v) is 4.09. The standard InChI is InChI=1S/C14H26N2O2/c1-11(15-10-13(17)12-6-7-12)14(18)16-8-4-2-3-5-9-16/h11-13,15,17H,2-10H2,1H3. The van der Waals surface area contributed by atoms with Crippen LogP contribution in [0.3, 0.4) is 0 Å². The number of likely N-dealkylation sites (tertiary alicyclic amines) is 1. The molecule has 2 rings (SSSR count). The summed E-state index contributed by atoms with van der Waals surface area (Å²) in [4.78, 5) is 14.2. The fourth-order valence-electron chi connectivity index (χ4n) is 2.60. The van der Waals surface area contributed by atoms with Crippen molar-refractivity contribution in [2.45, 2.75) is 57.6 Å². The maximum Gasteiger partial charge on any atom is 0.239 e. The molecule has 2 N–H and O–H groups in total. The fraction of sp³-hybridized carbons (Fsp3) is 0.929. The van der Waals surface area contributed by atoms with E-state index in [1.165, 1.54) is 12.8 Å². The predicted octanol–water partition coefficient (Wildman–Crippen LogP) is 1.14. The monoisotopic (exact) mass is 254 g/mol. The van der Waals surface area contributed by atoms with Gasteiger partial charge in [0, 0.05) is 19.6 Å². The molecule has 4 nitrogen and oxygen atoms in total.